The molecule has 0 heterocycles. The Kier molecular flexibility index (Phi) is 3.50. The first kappa shape index (κ1) is 11.5. The summed E-state index contributed by atoms with van der Waals surface area (Å²) in [5.41, 5.74) is 5.11. The monoisotopic (exact) mass is 201 g/mol. The third-order valence-corrected chi connectivity index (χ3v) is 3.41. The highest BCUT2D eigenvalue weighted by molar-refractivity contribution is 5.74. The van der Waals surface area contributed by atoms with Gasteiger partial charge in [0, 0.05) is 0 Å². The number of carboxylic acid groups (broad SMARTS) is 1. The molecule has 0 radical (unpaired) electrons. The van der Waals surface area contributed by atoms with E-state index in [1.807, 2.05) is 6.92 Å². The smallest absolute Gasteiger partial charge is 0.334 e. The Labute approximate surface area is 84.1 Å². The van der Waals surface area contributed by atoms with E-state index >= 15 is 0 Å². The summed E-state index contributed by atoms with van der Waals surface area (Å²) in [4.78, 5) is 10.7. The average molecular weight is 201 g/mol. The summed E-state index contributed by atoms with van der Waals surface area (Å²) >= 11 is 0. The van der Waals surface area contributed by atoms with E-state index in [1.54, 1.807) is 0 Å². The Morgan fingerprint density at radius 2 is 2.29 bits per heavy atom. The number of aliphatic carboxylic acids is 1. The number of hydrogen-bond acceptors (Lipinski definition) is 3. The average Bonchev–Trinajstić information content (AvgIpc) is 2.17. The van der Waals surface area contributed by atoms with Crippen molar-refractivity contribution in [3.8, 4) is 0 Å². The lowest BCUT2D eigenvalue weighted by Gasteiger charge is -2.42. The van der Waals surface area contributed by atoms with Gasteiger partial charge < -0.3 is 15.9 Å². The van der Waals surface area contributed by atoms with Crippen molar-refractivity contribution in [2.75, 3.05) is 0 Å². The van der Waals surface area contributed by atoms with Crippen molar-refractivity contribution in [2.24, 2.45) is 11.7 Å². The topological polar surface area (TPSA) is 83.5 Å². The van der Waals surface area contributed by atoms with Gasteiger partial charge in [-0.1, -0.05) is 26.2 Å². The molecule has 0 aliphatic heterocycles. The molecule has 1 saturated carbocycles. The highest BCUT2D eigenvalue weighted by Gasteiger charge is 2.45. The molecule has 82 valence electrons. The molecule has 0 amide bonds. The van der Waals surface area contributed by atoms with Gasteiger partial charge in [0.2, 0.25) is 0 Å². The van der Waals surface area contributed by atoms with E-state index in [9.17, 15) is 9.90 Å². The van der Waals surface area contributed by atoms with E-state index in [0.29, 0.717) is 6.42 Å². The first-order valence-electron chi connectivity index (χ1n) is 5.22. The minimum absolute atomic E-state index is 0.127. The van der Waals surface area contributed by atoms with E-state index in [2.05, 4.69) is 0 Å². The molecule has 3 unspecified atom stereocenters. The zero-order valence-electron chi connectivity index (χ0n) is 8.57. The Balaban J connectivity index is 2.81. The Hall–Kier alpha value is -0.610. The Bertz CT molecular complexity index is 219. The lowest BCUT2D eigenvalue weighted by atomic mass is 9.69. The first-order valence-corrected chi connectivity index (χ1v) is 5.22. The SMILES string of the molecule is CCC1CCCCC1(N)C(O)C(=O)O. The quantitative estimate of drug-likeness (QED) is 0.628. The molecular formula is C10H19NO3. The predicted molar refractivity (Wildman–Crippen MR) is 52.8 cm³/mol. The van der Waals surface area contributed by atoms with Gasteiger partial charge in [0.05, 0.1) is 5.54 Å². The number of nitrogens with two attached hydrogens (primary N) is 1. The van der Waals surface area contributed by atoms with E-state index in [1.165, 1.54) is 0 Å². The number of hydrogen-bond donors (Lipinski definition) is 3. The van der Waals surface area contributed by atoms with Crippen LogP contribution in [0.15, 0.2) is 0 Å². The zero-order valence-corrected chi connectivity index (χ0v) is 8.57. The molecule has 0 spiro atoms. The fraction of sp³-hybridized carbons (Fsp3) is 0.900. The van der Waals surface area contributed by atoms with Crippen LogP contribution in [0.3, 0.4) is 0 Å². The van der Waals surface area contributed by atoms with Gasteiger partial charge in [0.1, 0.15) is 0 Å². The second kappa shape index (κ2) is 4.28. The summed E-state index contributed by atoms with van der Waals surface area (Å²) in [6.07, 6.45) is 2.95. The first-order chi connectivity index (χ1) is 6.52. The largest absolute Gasteiger partial charge is 0.479 e. The molecule has 4 N–H and O–H groups in total. The lowest BCUT2D eigenvalue weighted by molar-refractivity contribution is -0.153. The van der Waals surface area contributed by atoms with Gasteiger partial charge in [0.15, 0.2) is 6.10 Å². The van der Waals surface area contributed by atoms with Gasteiger partial charge in [-0.25, -0.2) is 4.79 Å². The van der Waals surface area contributed by atoms with Gasteiger partial charge >= 0.3 is 5.97 Å². The molecule has 0 saturated heterocycles. The third kappa shape index (κ3) is 1.91. The van der Waals surface area contributed by atoms with Crippen molar-refractivity contribution in [2.45, 2.75) is 50.7 Å². The van der Waals surface area contributed by atoms with Crippen LogP contribution in [0.1, 0.15) is 39.0 Å². The summed E-state index contributed by atoms with van der Waals surface area (Å²) in [7, 11) is 0. The van der Waals surface area contributed by atoms with Crippen LogP contribution in [0.25, 0.3) is 0 Å². The van der Waals surface area contributed by atoms with Crippen LogP contribution in [0.2, 0.25) is 0 Å². The summed E-state index contributed by atoms with van der Waals surface area (Å²) in [6, 6.07) is 0. The summed E-state index contributed by atoms with van der Waals surface area (Å²) in [5, 5.41) is 18.4. The van der Waals surface area contributed by atoms with Crippen LogP contribution in [0, 0.1) is 5.92 Å². The number of rotatable bonds is 3. The van der Waals surface area contributed by atoms with Crippen LogP contribution < -0.4 is 5.73 Å². The zero-order chi connectivity index (χ0) is 10.8. The molecule has 1 aliphatic carbocycles. The van der Waals surface area contributed by atoms with E-state index in [4.69, 9.17) is 10.8 Å². The van der Waals surface area contributed by atoms with Gasteiger partial charge in [-0.2, -0.15) is 0 Å². The molecule has 3 atom stereocenters. The van der Waals surface area contributed by atoms with E-state index in [0.717, 1.165) is 25.7 Å². The normalized spacial score (nSPS) is 35.2. The second-order valence-electron chi connectivity index (χ2n) is 4.20. The minimum Gasteiger partial charge on any atom is -0.479 e. The van der Waals surface area contributed by atoms with Crippen molar-refractivity contribution in [3.63, 3.8) is 0 Å². The maximum Gasteiger partial charge on any atom is 0.334 e. The molecule has 0 bridgehead atoms. The Morgan fingerprint density at radius 3 is 2.79 bits per heavy atom. The van der Waals surface area contributed by atoms with Crippen molar-refractivity contribution < 1.29 is 15.0 Å². The van der Waals surface area contributed by atoms with Crippen molar-refractivity contribution >= 4 is 5.97 Å². The maximum atomic E-state index is 10.7. The van der Waals surface area contributed by atoms with Crippen LogP contribution in [-0.4, -0.2) is 27.8 Å². The van der Waals surface area contributed by atoms with E-state index in [-0.39, 0.29) is 5.92 Å². The fourth-order valence-corrected chi connectivity index (χ4v) is 2.47. The van der Waals surface area contributed by atoms with Crippen LogP contribution in [-0.2, 0) is 4.79 Å². The van der Waals surface area contributed by atoms with Gasteiger partial charge in [-0.15, -0.1) is 0 Å². The summed E-state index contributed by atoms with van der Waals surface area (Å²) in [5.74, 6) is -1.07. The fourth-order valence-electron chi connectivity index (χ4n) is 2.47. The molecule has 0 aromatic rings. The van der Waals surface area contributed by atoms with Crippen molar-refractivity contribution in [1.82, 2.24) is 0 Å². The Morgan fingerprint density at radius 1 is 1.64 bits per heavy atom. The van der Waals surface area contributed by atoms with Crippen molar-refractivity contribution in [3.05, 3.63) is 0 Å². The molecular weight excluding hydrogens is 182 g/mol. The molecule has 1 aliphatic rings. The second-order valence-corrected chi connectivity index (χ2v) is 4.20. The molecule has 4 heteroatoms. The molecule has 14 heavy (non-hydrogen) atoms. The number of aliphatic hydroxyl groups excluding tert-OH is 1. The summed E-state index contributed by atoms with van der Waals surface area (Å²) in [6.45, 7) is 1.99. The number of carboxylic acids is 1. The third-order valence-electron chi connectivity index (χ3n) is 3.41. The van der Waals surface area contributed by atoms with Crippen LogP contribution in [0.4, 0.5) is 0 Å². The van der Waals surface area contributed by atoms with E-state index < -0.39 is 17.6 Å². The molecule has 0 aromatic heterocycles. The van der Waals surface area contributed by atoms with Crippen LogP contribution >= 0.6 is 0 Å². The molecule has 4 nitrogen and oxygen atoms in total. The molecule has 1 rings (SSSR count). The molecule has 0 aromatic carbocycles. The van der Waals surface area contributed by atoms with Gasteiger partial charge in [-0.05, 0) is 18.8 Å². The highest BCUT2D eigenvalue weighted by atomic mass is 16.4. The maximum absolute atomic E-state index is 10.7. The van der Waals surface area contributed by atoms with Crippen LogP contribution in [0.5, 0.6) is 0 Å². The number of carbonyl (C=O) groups is 1. The molecule has 1 fully saturated rings. The van der Waals surface area contributed by atoms with Crippen molar-refractivity contribution in [1.29, 1.82) is 0 Å². The minimum atomic E-state index is -1.42. The van der Waals surface area contributed by atoms with Gasteiger partial charge in [-0.3, -0.25) is 0 Å². The lowest BCUT2D eigenvalue weighted by Crippen LogP contribution is -2.60. The summed E-state index contributed by atoms with van der Waals surface area (Å²) < 4.78 is 0. The predicted octanol–water partition coefficient (Wildman–Crippen LogP) is 0.730. The highest BCUT2D eigenvalue weighted by Crippen LogP contribution is 2.36. The van der Waals surface area contributed by atoms with Gasteiger partial charge in [0.25, 0.3) is 0 Å². The standard InChI is InChI=1S/C10H19NO3/c1-2-7-5-3-4-6-10(7,11)8(12)9(13)14/h7-8,12H,2-6,11H2,1H3,(H,13,14). The number of aliphatic hydroxyl groups is 1.